The van der Waals surface area contributed by atoms with Crippen molar-refractivity contribution in [2.24, 2.45) is 0 Å². The Morgan fingerprint density at radius 2 is 2.15 bits per heavy atom. The molecule has 2 aromatic rings. The number of nitrogens with one attached hydrogen (secondary N) is 3. The Labute approximate surface area is 155 Å². The van der Waals surface area contributed by atoms with Gasteiger partial charge in [-0.3, -0.25) is 14.5 Å². The number of rotatable bonds is 8. The monoisotopic (exact) mass is 375 g/mol. The number of piperazine rings is 1. The van der Waals surface area contributed by atoms with E-state index in [9.17, 15) is 14.0 Å². The number of amides is 2. The smallest absolute Gasteiger partial charge is 0.237 e. The standard InChI is InChI=1S/C17H22FN7O2/c18-13-5-3-12(4-6-13)11-25-9-8-20-17(27)14(25)10-16(26)19-7-1-2-15-21-23-24-22-15/h3-6,14H,1-2,7-11H2,(H,19,26)(H,20,27)(H,21,22,23,24). The van der Waals surface area contributed by atoms with Crippen LogP contribution in [0.5, 0.6) is 0 Å². The minimum absolute atomic E-state index is 0.0786. The number of halogens is 1. The Balaban J connectivity index is 1.49. The van der Waals surface area contributed by atoms with Gasteiger partial charge in [0, 0.05) is 32.6 Å². The highest BCUT2D eigenvalue weighted by molar-refractivity contribution is 5.88. The molecule has 0 bridgehead atoms. The average Bonchev–Trinajstić information content (AvgIpc) is 3.17. The van der Waals surface area contributed by atoms with Crippen LogP contribution < -0.4 is 10.6 Å². The SMILES string of the molecule is O=C(CC1C(=O)NCCN1Cc1ccc(F)cc1)NCCCc1nn[nH]n1. The highest BCUT2D eigenvalue weighted by Crippen LogP contribution is 2.14. The van der Waals surface area contributed by atoms with Crippen LogP contribution in [0, 0.1) is 5.82 Å². The minimum atomic E-state index is -0.541. The quantitative estimate of drug-likeness (QED) is 0.550. The van der Waals surface area contributed by atoms with Crippen molar-refractivity contribution >= 4 is 11.8 Å². The van der Waals surface area contributed by atoms with Crippen LogP contribution in [0.4, 0.5) is 4.39 Å². The third kappa shape index (κ3) is 5.55. The number of carbonyl (C=O) groups is 2. The summed E-state index contributed by atoms with van der Waals surface area (Å²) in [4.78, 5) is 26.4. The molecule has 1 aliphatic rings. The fourth-order valence-electron chi connectivity index (χ4n) is 3.01. The first-order chi connectivity index (χ1) is 13.1. The fraction of sp³-hybridized carbons (Fsp3) is 0.471. The van der Waals surface area contributed by atoms with Crippen LogP contribution in [0.25, 0.3) is 0 Å². The molecule has 1 unspecified atom stereocenters. The van der Waals surface area contributed by atoms with E-state index in [0.29, 0.717) is 44.8 Å². The van der Waals surface area contributed by atoms with Gasteiger partial charge in [0.05, 0.1) is 12.5 Å². The highest BCUT2D eigenvalue weighted by atomic mass is 19.1. The maximum atomic E-state index is 13.1. The number of aryl methyl sites for hydroxylation is 1. The molecule has 1 saturated heterocycles. The lowest BCUT2D eigenvalue weighted by Crippen LogP contribution is -2.56. The Kier molecular flexibility index (Phi) is 6.42. The van der Waals surface area contributed by atoms with Gasteiger partial charge in [-0.05, 0) is 24.1 Å². The second kappa shape index (κ2) is 9.17. The van der Waals surface area contributed by atoms with Crippen LogP contribution in [0.3, 0.4) is 0 Å². The maximum Gasteiger partial charge on any atom is 0.237 e. The summed E-state index contributed by atoms with van der Waals surface area (Å²) in [5.41, 5.74) is 0.900. The van der Waals surface area contributed by atoms with Gasteiger partial charge in [0.15, 0.2) is 5.82 Å². The van der Waals surface area contributed by atoms with Crippen LogP contribution in [-0.2, 0) is 22.6 Å². The molecule has 1 aliphatic heterocycles. The molecule has 0 saturated carbocycles. The molecule has 3 rings (SSSR count). The maximum absolute atomic E-state index is 13.1. The van der Waals surface area contributed by atoms with Crippen molar-refractivity contribution < 1.29 is 14.0 Å². The summed E-state index contributed by atoms with van der Waals surface area (Å²) in [6.07, 6.45) is 1.37. The molecular formula is C17H22FN7O2. The molecule has 3 N–H and O–H groups in total. The summed E-state index contributed by atoms with van der Waals surface area (Å²) >= 11 is 0. The molecule has 10 heteroatoms. The van der Waals surface area contributed by atoms with Crippen molar-refractivity contribution in [3.8, 4) is 0 Å². The molecular weight excluding hydrogens is 353 g/mol. The molecule has 9 nitrogen and oxygen atoms in total. The third-order valence-corrected chi connectivity index (χ3v) is 4.41. The van der Waals surface area contributed by atoms with Gasteiger partial charge in [0.1, 0.15) is 5.82 Å². The first-order valence-electron chi connectivity index (χ1n) is 8.87. The summed E-state index contributed by atoms with van der Waals surface area (Å²) in [6.45, 7) is 2.13. The first kappa shape index (κ1) is 18.9. The summed E-state index contributed by atoms with van der Waals surface area (Å²) in [7, 11) is 0. The lowest BCUT2D eigenvalue weighted by molar-refractivity contribution is -0.134. The molecule has 1 fully saturated rings. The third-order valence-electron chi connectivity index (χ3n) is 4.41. The van der Waals surface area contributed by atoms with Gasteiger partial charge >= 0.3 is 0 Å². The topological polar surface area (TPSA) is 116 Å². The van der Waals surface area contributed by atoms with Crippen molar-refractivity contribution in [3.05, 3.63) is 41.5 Å². The van der Waals surface area contributed by atoms with Crippen molar-refractivity contribution in [1.82, 2.24) is 36.2 Å². The van der Waals surface area contributed by atoms with Crippen molar-refractivity contribution in [1.29, 1.82) is 0 Å². The molecule has 0 aliphatic carbocycles. The van der Waals surface area contributed by atoms with E-state index >= 15 is 0 Å². The molecule has 0 spiro atoms. The Morgan fingerprint density at radius 3 is 2.89 bits per heavy atom. The van der Waals surface area contributed by atoms with Crippen LogP contribution >= 0.6 is 0 Å². The zero-order chi connectivity index (χ0) is 19.1. The van der Waals surface area contributed by atoms with E-state index in [4.69, 9.17) is 0 Å². The van der Waals surface area contributed by atoms with Crippen molar-refractivity contribution in [2.45, 2.75) is 31.8 Å². The van der Waals surface area contributed by atoms with Crippen LogP contribution in [0.2, 0.25) is 0 Å². The van der Waals surface area contributed by atoms with Gasteiger partial charge in [-0.2, -0.15) is 5.21 Å². The number of carbonyl (C=O) groups excluding carboxylic acids is 2. The van der Waals surface area contributed by atoms with E-state index < -0.39 is 6.04 Å². The molecule has 2 amide bonds. The number of nitrogens with zero attached hydrogens (tertiary/aromatic N) is 4. The van der Waals surface area contributed by atoms with Gasteiger partial charge in [0.25, 0.3) is 0 Å². The molecule has 1 aromatic heterocycles. The lowest BCUT2D eigenvalue weighted by atomic mass is 10.1. The predicted octanol–water partition coefficient (Wildman–Crippen LogP) is -0.222. The number of H-pyrrole nitrogens is 1. The van der Waals surface area contributed by atoms with E-state index in [1.54, 1.807) is 12.1 Å². The number of aromatic amines is 1. The van der Waals surface area contributed by atoms with E-state index in [1.165, 1.54) is 12.1 Å². The average molecular weight is 375 g/mol. The fourth-order valence-corrected chi connectivity index (χ4v) is 3.01. The second-order valence-electron chi connectivity index (χ2n) is 6.39. The predicted molar refractivity (Wildman–Crippen MR) is 93.7 cm³/mol. The largest absolute Gasteiger partial charge is 0.356 e. The van der Waals surface area contributed by atoms with Gasteiger partial charge in [-0.1, -0.05) is 17.3 Å². The number of hydrogen-bond acceptors (Lipinski definition) is 6. The zero-order valence-corrected chi connectivity index (χ0v) is 14.8. The van der Waals surface area contributed by atoms with E-state index in [-0.39, 0.29) is 24.1 Å². The normalized spacial score (nSPS) is 17.5. The number of tetrazole rings is 1. The van der Waals surface area contributed by atoms with Gasteiger partial charge in [0.2, 0.25) is 11.8 Å². The summed E-state index contributed by atoms with van der Waals surface area (Å²) < 4.78 is 13.1. The minimum Gasteiger partial charge on any atom is -0.356 e. The number of aromatic nitrogens is 4. The van der Waals surface area contributed by atoms with Crippen LogP contribution in [-0.4, -0.2) is 63.0 Å². The zero-order valence-electron chi connectivity index (χ0n) is 14.8. The van der Waals surface area contributed by atoms with Gasteiger partial charge in [-0.15, -0.1) is 10.2 Å². The first-order valence-corrected chi connectivity index (χ1v) is 8.87. The van der Waals surface area contributed by atoms with Crippen LogP contribution in [0.1, 0.15) is 24.2 Å². The van der Waals surface area contributed by atoms with Gasteiger partial charge < -0.3 is 10.6 Å². The molecule has 1 aromatic carbocycles. The molecule has 27 heavy (non-hydrogen) atoms. The van der Waals surface area contributed by atoms with E-state index in [0.717, 1.165) is 5.56 Å². The van der Waals surface area contributed by atoms with E-state index in [1.807, 2.05) is 4.90 Å². The lowest BCUT2D eigenvalue weighted by Gasteiger charge is -2.34. The van der Waals surface area contributed by atoms with Crippen molar-refractivity contribution in [3.63, 3.8) is 0 Å². The summed E-state index contributed by atoms with van der Waals surface area (Å²) in [5, 5.41) is 19.2. The number of benzene rings is 1. The second-order valence-corrected chi connectivity index (χ2v) is 6.39. The number of hydrogen-bond donors (Lipinski definition) is 3. The Hall–Kier alpha value is -2.88. The Bertz CT molecular complexity index is 751. The summed E-state index contributed by atoms with van der Waals surface area (Å²) in [6, 6.07) is 5.63. The Morgan fingerprint density at radius 1 is 1.33 bits per heavy atom. The molecule has 1 atom stereocenters. The molecule has 144 valence electrons. The van der Waals surface area contributed by atoms with Gasteiger partial charge in [-0.25, -0.2) is 4.39 Å². The van der Waals surface area contributed by atoms with Crippen LogP contribution in [0.15, 0.2) is 24.3 Å². The van der Waals surface area contributed by atoms with E-state index in [2.05, 4.69) is 31.3 Å². The summed E-state index contributed by atoms with van der Waals surface area (Å²) in [5.74, 6) is -0.0483. The van der Waals surface area contributed by atoms with Crippen molar-refractivity contribution in [2.75, 3.05) is 19.6 Å². The molecule has 2 heterocycles. The highest BCUT2D eigenvalue weighted by Gasteiger charge is 2.31. The molecule has 0 radical (unpaired) electrons.